The molecule has 0 aliphatic heterocycles. The van der Waals surface area contributed by atoms with Crippen LogP contribution in [0.4, 0.5) is 0 Å². The molecule has 96 valence electrons. The fourth-order valence-corrected chi connectivity index (χ4v) is 1.31. The van der Waals surface area contributed by atoms with E-state index in [1.165, 1.54) is 19.3 Å². The lowest BCUT2D eigenvalue weighted by atomic mass is 10.2. The molecule has 0 amide bonds. The number of ether oxygens (including phenoxy) is 1. The summed E-state index contributed by atoms with van der Waals surface area (Å²) in [5, 5.41) is 12.7. The zero-order valence-corrected chi connectivity index (χ0v) is 10.7. The molecule has 0 saturated heterocycles. The lowest BCUT2D eigenvalue weighted by molar-refractivity contribution is 0.0349. The second-order valence-corrected chi connectivity index (χ2v) is 4.22. The predicted molar refractivity (Wildman–Crippen MR) is 68.6 cm³/mol. The number of hydrogen-bond donors (Lipinski definition) is 2. The first-order valence-corrected chi connectivity index (χ1v) is 6.32. The lowest BCUT2D eigenvalue weighted by Crippen LogP contribution is -2.35. The second-order valence-electron chi connectivity index (χ2n) is 4.22. The van der Waals surface area contributed by atoms with E-state index in [0.29, 0.717) is 13.2 Å². The summed E-state index contributed by atoms with van der Waals surface area (Å²) in [7, 11) is 0. The van der Waals surface area contributed by atoms with Gasteiger partial charge in [0.2, 0.25) is 0 Å². The van der Waals surface area contributed by atoms with Crippen molar-refractivity contribution in [3.05, 3.63) is 12.7 Å². The highest BCUT2D eigenvalue weighted by molar-refractivity contribution is 4.81. The number of nitrogens with one attached hydrogen (secondary N) is 1. The van der Waals surface area contributed by atoms with Crippen LogP contribution in [0.5, 0.6) is 0 Å². The van der Waals surface area contributed by atoms with E-state index >= 15 is 0 Å². The van der Waals surface area contributed by atoms with Gasteiger partial charge in [0.1, 0.15) is 0 Å². The van der Waals surface area contributed by atoms with E-state index < -0.39 is 6.10 Å². The Balaban J connectivity index is 3.23. The highest BCUT2D eigenvalue weighted by Crippen LogP contribution is 1.99. The average Bonchev–Trinajstić information content (AvgIpc) is 2.30. The molecule has 0 radical (unpaired) electrons. The van der Waals surface area contributed by atoms with Crippen LogP contribution in [0.1, 0.15) is 39.5 Å². The molecule has 0 fully saturated rings. The maximum absolute atomic E-state index is 9.57. The van der Waals surface area contributed by atoms with Crippen LogP contribution < -0.4 is 5.32 Å². The monoisotopic (exact) mass is 229 g/mol. The van der Waals surface area contributed by atoms with Crippen LogP contribution in [-0.2, 0) is 4.74 Å². The van der Waals surface area contributed by atoms with E-state index in [1.54, 1.807) is 0 Å². The normalized spacial score (nSPS) is 14.7. The third-order valence-corrected chi connectivity index (χ3v) is 2.48. The Morgan fingerprint density at radius 3 is 2.75 bits per heavy atom. The lowest BCUT2D eigenvalue weighted by Gasteiger charge is -2.14. The summed E-state index contributed by atoms with van der Waals surface area (Å²) in [5.41, 5.74) is 0. The Kier molecular flexibility index (Phi) is 10.9. The number of aliphatic hydroxyl groups excluding tert-OH is 1. The minimum absolute atomic E-state index is 0.235. The molecule has 3 nitrogen and oxygen atoms in total. The molecule has 0 heterocycles. The van der Waals surface area contributed by atoms with Crippen molar-refractivity contribution < 1.29 is 9.84 Å². The van der Waals surface area contributed by atoms with Crippen molar-refractivity contribution in [3.8, 4) is 0 Å². The smallest absolute Gasteiger partial charge is 0.0897 e. The van der Waals surface area contributed by atoms with E-state index in [4.69, 9.17) is 4.74 Å². The Bertz CT molecular complexity index is 162. The molecule has 16 heavy (non-hydrogen) atoms. The molecule has 2 atom stereocenters. The van der Waals surface area contributed by atoms with Crippen LogP contribution in [0, 0.1) is 0 Å². The van der Waals surface area contributed by atoms with E-state index in [-0.39, 0.29) is 6.04 Å². The molecule has 0 saturated carbocycles. The third kappa shape index (κ3) is 10.1. The van der Waals surface area contributed by atoms with Gasteiger partial charge in [-0.15, -0.1) is 6.58 Å². The topological polar surface area (TPSA) is 41.5 Å². The maximum atomic E-state index is 9.57. The van der Waals surface area contributed by atoms with Crippen molar-refractivity contribution in [2.75, 3.05) is 19.8 Å². The fraction of sp³-hybridized carbons (Fsp3) is 0.846. The zero-order valence-electron chi connectivity index (χ0n) is 10.7. The Hall–Kier alpha value is -0.380. The molecule has 2 N–H and O–H groups in total. The summed E-state index contributed by atoms with van der Waals surface area (Å²) in [6.07, 6.45) is 6.22. The Morgan fingerprint density at radius 1 is 1.38 bits per heavy atom. The van der Waals surface area contributed by atoms with Gasteiger partial charge in [-0.2, -0.15) is 0 Å². The van der Waals surface area contributed by atoms with E-state index in [0.717, 1.165) is 13.0 Å². The minimum atomic E-state index is -0.423. The van der Waals surface area contributed by atoms with Crippen molar-refractivity contribution in [1.82, 2.24) is 5.32 Å². The summed E-state index contributed by atoms with van der Waals surface area (Å²) in [4.78, 5) is 0. The molecule has 2 unspecified atom stereocenters. The van der Waals surface area contributed by atoms with Crippen LogP contribution in [0.3, 0.4) is 0 Å². The molecule has 0 spiro atoms. The van der Waals surface area contributed by atoms with Gasteiger partial charge in [-0.05, 0) is 13.3 Å². The van der Waals surface area contributed by atoms with Gasteiger partial charge in [-0.3, -0.25) is 0 Å². The van der Waals surface area contributed by atoms with E-state index in [9.17, 15) is 5.11 Å². The highest BCUT2D eigenvalue weighted by Gasteiger charge is 2.04. The summed E-state index contributed by atoms with van der Waals surface area (Å²) in [5.74, 6) is 0. The standard InChI is InChI=1S/C13H27NO2/c1-4-6-7-8-9-16-11-13(15)10-14-12(3)5-2/h5,12-15H,2,4,6-11H2,1,3H3. The number of rotatable bonds is 11. The number of unbranched alkanes of at least 4 members (excludes halogenated alkanes) is 3. The summed E-state index contributed by atoms with van der Waals surface area (Å²) in [6.45, 7) is 9.60. The first-order chi connectivity index (χ1) is 7.70. The van der Waals surface area contributed by atoms with Gasteiger partial charge >= 0.3 is 0 Å². The van der Waals surface area contributed by atoms with Crippen molar-refractivity contribution in [3.63, 3.8) is 0 Å². The number of hydrogen-bond acceptors (Lipinski definition) is 3. The summed E-state index contributed by atoms with van der Waals surface area (Å²) in [6, 6.07) is 0.235. The molecule has 0 aliphatic carbocycles. The second kappa shape index (κ2) is 11.1. The van der Waals surface area contributed by atoms with Crippen molar-refractivity contribution in [2.45, 2.75) is 51.7 Å². The van der Waals surface area contributed by atoms with Crippen LogP contribution in [0.15, 0.2) is 12.7 Å². The van der Waals surface area contributed by atoms with Gasteiger partial charge in [0.05, 0.1) is 12.7 Å². The Labute approximate surface area is 99.9 Å². The zero-order chi connectivity index (χ0) is 12.2. The fourth-order valence-electron chi connectivity index (χ4n) is 1.31. The van der Waals surface area contributed by atoms with Gasteiger partial charge in [0.15, 0.2) is 0 Å². The molecule has 3 heteroatoms. The largest absolute Gasteiger partial charge is 0.389 e. The number of aliphatic hydroxyl groups is 1. The molecule has 0 aromatic rings. The van der Waals surface area contributed by atoms with Crippen molar-refractivity contribution in [2.24, 2.45) is 0 Å². The van der Waals surface area contributed by atoms with Crippen molar-refractivity contribution in [1.29, 1.82) is 0 Å². The molecule has 0 bridgehead atoms. The van der Waals surface area contributed by atoms with Gasteiger partial charge < -0.3 is 15.2 Å². The predicted octanol–water partition coefficient (Wildman–Crippen LogP) is 2.11. The van der Waals surface area contributed by atoms with E-state index in [2.05, 4.69) is 18.8 Å². The van der Waals surface area contributed by atoms with E-state index in [1.807, 2.05) is 13.0 Å². The van der Waals surface area contributed by atoms with Crippen LogP contribution >= 0.6 is 0 Å². The molecule has 0 aromatic carbocycles. The molecule has 0 aromatic heterocycles. The molecule has 0 rings (SSSR count). The van der Waals surface area contributed by atoms with Crippen LogP contribution in [0.2, 0.25) is 0 Å². The average molecular weight is 229 g/mol. The van der Waals surface area contributed by atoms with Crippen LogP contribution in [-0.4, -0.2) is 37.0 Å². The SMILES string of the molecule is C=CC(C)NCC(O)COCCCCCC. The molecular weight excluding hydrogens is 202 g/mol. The van der Waals surface area contributed by atoms with Gasteiger partial charge in [-0.1, -0.05) is 32.3 Å². The quantitative estimate of drug-likeness (QED) is 0.421. The van der Waals surface area contributed by atoms with Gasteiger partial charge in [0.25, 0.3) is 0 Å². The summed E-state index contributed by atoms with van der Waals surface area (Å²) >= 11 is 0. The third-order valence-electron chi connectivity index (χ3n) is 2.48. The first-order valence-electron chi connectivity index (χ1n) is 6.32. The Morgan fingerprint density at radius 2 is 2.12 bits per heavy atom. The summed E-state index contributed by atoms with van der Waals surface area (Å²) < 4.78 is 5.39. The van der Waals surface area contributed by atoms with Crippen LogP contribution in [0.25, 0.3) is 0 Å². The van der Waals surface area contributed by atoms with Gasteiger partial charge in [-0.25, -0.2) is 0 Å². The molecule has 0 aliphatic rings. The van der Waals surface area contributed by atoms with Crippen molar-refractivity contribution >= 4 is 0 Å². The molecular formula is C13H27NO2. The highest BCUT2D eigenvalue weighted by atomic mass is 16.5. The van der Waals surface area contributed by atoms with Gasteiger partial charge in [0, 0.05) is 19.2 Å². The maximum Gasteiger partial charge on any atom is 0.0897 e. The minimum Gasteiger partial charge on any atom is -0.389 e. The first kappa shape index (κ1) is 15.6.